The Bertz CT molecular complexity index is 465. The third-order valence-electron chi connectivity index (χ3n) is 3.77. The number of aliphatic carboxylic acids is 1. The molecule has 0 heterocycles. The number of unbranched alkanes of at least 4 members (excludes halogenated alkanes) is 7. The third-order valence-corrected chi connectivity index (χ3v) is 3.77. The van der Waals surface area contributed by atoms with Crippen LogP contribution in [0.15, 0.2) is 24.3 Å². The number of ether oxygens (including phenoxy) is 1. The van der Waals surface area contributed by atoms with Crippen molar-refractivity contribution < 1.29 is 19.4 Å². The predicted molar refractivity (Wildman–Crippen MR) is 90.6 cm³/mol. The van der Waals surface area contributed by atoms with E-state index in [1.54, 1.807) is 0 Å². The lowest BCUT2D eigenvalue weighted by Crippen LogP contribution is -2.07. The fourth-order valence-corrected chi connectivity index (χ4v) is 2.40. The van der Waals surface area contributed by atoms with Crippen molar-refractivity contribution in [1.29, 1.82) is 0 Å². The van der Waals surface area contributed by atoms with Crippen molar-refractivity contribution in [3.8, 4) is 5.75 Å². The van der Waals surface area contributed by atoms with Gasteiger partial charge in [0, 0.05) is 12.8 Å². The first-order valence-electron chi connectivity index (χ1n) is 8.57. The van der Waals surface area contributed by atoms with E-state index in [4.69, 9.17) is 9.84 Å². The van der Waals surface area contributed by atoms with Crippen molar-refractivity contribution in [2.75, 3.05) is 0 Å². The van der Waals surface area contributed by atoms with Gasteiger partial charge in [-0.15, -0.1) is 0 Å². The Morgan fingerprint density at radius 1 is 0.826 bits per heavy atom. The lowest BCUT2D eigenvalue weighted by atomic mass is 10.1. The van der Waals surface area contributed by atoms with Crippen molar-refractivity contribution >= 4 is 11.9 Å². The maximum absolute atomic E-state index is 11.7. The molecule has 0 atom stereocenters. The summed E-state index contributed by atoms with van der Waals surface area (Å²) in [5.41, 5.74) is 1.15. The number of carbonyl (C=O) groups is 2. The molecule has 0 aliphatic carbocycles. The SMILES string of the molecule is Cc1ccc(OC(=O)CCCCCCCCCCC(=O)O)cc1. The van der Waals surface area contributed by atoms with Crippen LogP contribution in [-0.2, 0) is 9.59 Å². The molecular formula is C19H28O4. The van der Waals surface area contributed by atoms with Gasteiger partial charge in [-0.2, -0.15) is 0 Å². The van der Waals surface area contributed by atoms with Gasteiger partial charge in [-0.1, -0.05) is 56.2 Å². The average molecular weight is 320 g/mol. The first-order chi connectivity index (χ1) is 11.1. The second kappa shape index (κ2) is 11.7. The molecule has 0 saturated carbocycles. The van der Waals surface area contributed by atoms with Gasteiger partial charge >= 0.3 is 11.9 Å². The standard InChI is InChI=1S/C19H28O4/c1-16-12-14-17(15-13-16)23-19(22)11-9-7-5-3-2-4-6-8-10-18(20)21/h12-15H,2-11H2,1H3,(H,20,21). The van der Waals surface area contributed by atoms with E-state index < -0.39 is 5.97 Å². The molecule has 1 rings (SSSR count). The summed E-state index contributed by atoms with van der Waals surface area (Å²) < 4.78 is 5.27. The van der Waals surface area contributed by atoms with E-state index in [0.29, 0.717) is 12.2 Å². The highest BCUT2D eigenvalue weighted by Gasteiger charge is 2.04. The molecule has 4 heteroatoms. The molecule has 0 amide bonds. The van der Waals surface area contributed by atoms with Crippen LogP contribution < -0.4 is 4.74 Å². The van der Waals surface area contributed by atoms with E-state index >= 15 is 0 Å². The number of hydrogen-bond acceptors (Lipinski definition) is 3. The molecule has 23 heavy (non-hydrogen) atoms. The third kappa shape index (κ3) is 10.5. The summed E-state index contributed by atoms with van der Waals surface area (Å²) in [6.07, 6.45) is 8.94. The van der Waals surface area contributed by atoms with Crippen LogP contribution in [0.1, 0.15) is 69.8 Å². The Kier molecular flexibility index (Phi) is 9.76. The van der Waals surface area contributed by atoms with E-state index in [1.165, 1.54) is 0 Å². The monoisotopic (exact) mass is 320 g/mol. The van der Waals surface area contributed by atoms with E-state index in [2.05, 4.69) is 0 Å². The zero-order chi connectivity index (χ0) is 16.9. The number of hydrogen-bond donors (Lipinski definition) is 1. The number of rotatable bonds is 12. The van der Waals surface area contributed by atoms with Crippen LogP contribution in [0, 0.1) is 6.92 Å². The van der Waals surface area contributed by atoms with Gasteiger partial charge in [0.2, 0.25) is 0 Å². The summed E-state index contributed by atoms with van der Waals surface area (Å²) in [6, 6.07) is 7.49. The van der Waals surface area contributed by atoms with Crippen LogP contribution in [-0.4, -0.2) is 17.0 Å². The van der Waals surface area contributed by atoms with Crippen LogP contribution >= 0.6 is 0 Å². The molecule has 1 aromatic carbocycles. The van der Waals surface area contributed by atoms with Crippen LogP contribution in [0.3, 0.4) is 0 Å². The Morgan fingerprint density at radius 2 is 1.30 bits per heavy atom. The highest BCUT2D eigenvalue weighted by molar-refractivity contribution is 5.72. The Labute approximate surface area is 138 Å². The van der Waals surface area contributed by atoms with Crippen LogP contribution in [0.2, 0.25) is 0 Å². The van der Waals surface area contributed by atoms with Crippen LogP contribution in [0.4, 0.5) is 0 Å². The molecule has 0 bridgehead atoms. The van der Waals surface area contributed by atoms with Gasteiger partial charge in [-0.3, -0.25) is 9.59 Å². The molecule has 0 unspecified atom stereocenters. The summed E-state index contributed by atoms with van der Waals surface area (Å²) in [5.74, 6) is -0.257. The smallest absolute Gasteiger partial charge is 0.311 e. The van der Waals surface area contributed by atoms with Crippen molar-refractivity contribution in [1.82, 2.24) is 0 Å². The molecule has 4 nitrogen and oxygen atoms in total. The van der Waals surface area contributed by atoms with E-state index in [-0.39, 0.29) is 12.4 Å². The van der Waals surface area contributed by atoms with Gasteiger partial charge in [0.05, 0.1) is 0 Å². The first-order valence-corrected chi connectivity index (χ1v) is 8.57. The summed E-state index contributed by atoms with van der Waals surface area (Å²) >= 11 is 0. The maximum Gasteiger partial charge on any atom is 0.311 e. The summed E-state index contributed by atoms with van der Waals surface area (Å²) in [4.78, 5) is 22.0. The molecule has 0 aliphatic heterocycles. The molecule has 0 aromatic heterocycles. The topological polar surface area (TPSA) is 63.6 Å². The zero-order valence-electron chi connectivity index (χ0n) is 14.1. The fraction of sp³-hybridized carbons (Fsp3) is 0.579. The van der Waals surface area contributed by atoms with Crippen molar-refractivity contribution in [3.05, 3.63) is 29.8 Å². The average Bonchev–Trinajstić information content (AvgIpc) is 2.51. The molecule has 0 radical (unpaired) electrons. The van der Waals surface area contributed by atoms with Gasteiger partial charge in [0.15, 0.2) is 0 Å². The predicted octanol–water partition coefficient (Wildman–Crippen LogP) is 4.89. The second-order valence-corrected chi connectivity index (χ2v) is 6.01. The van der Waals surface area contributed by atoms with Gasteiger partial charge in [0.25, 0.3) is 0 Å². The molecular weight excluding hydrogens is 292 g/mol. The lowest BCUT2D eigenvalue weighted by molar-refractivity contribution is -0.137. The largest absolute Gasteiger partial charge is 0.481 e. The molecule has 128 valence electrons. The maximum atomic E-state index is 11.7. The summed E-state index contributed by atoms with van der Waals surface area (Å²) in [6.45, 7) is 2.00. The van der Waals surface area contributed by atoms with E-state index in [1.807, 2.05) is 31.2 Å². The minimum atomic E-state index is -0.706. The van der Waals surface area contributed by atoms with Crippen LogP contribution in [0.5, 0.6) is 5.75 Å². The zero-order valence-corrected chi connectivity index (χ0v) is 14.1. The lowest BCUT2D eigenvalue weighted by Gasteiger charge is -2.05. The van der Waals surface area contributed by atoms with Crippen molar-refractivity contribution in [2.45, 2.75) is 71.1 Å². The Hall–Kier alpha value is -1.84. The number of carbonyl (C=O) groups excluding carboxylic acids is 1. The Morgan fingerprint density at radius 3 is 1.83 bits per heavy atom. The molecule has 0 saturated heterocycles. The highest BCUT2D eigenvalue weighted by Crippen LogP contribution is 2.14. The highest BCUT2D eigenvalue weighted by atomic mass is 16.5. The molecule has 0 spiro atoms. The second-order valence-electron chi connectivity index (χ2n) is 6.01. The van der Waals surface area contributed by atoms with Crippen molar-refractivity contribution in [3.63, 3.8) is 0 Å². The number of benzene rings is 1. The molecule has 0 fully saturated rings. The van der Waals surface area contributed by atoms with Crippen molar-refractivity contribution in [2.24, 2.45) is 0 Å². The van der Waals surface area contributed by atoms with E-state index in [9.17, 15) is 9.59 Å². The molecule has 1 N–H and O–H groups in total. The van der Waals surface area contributed by atoms with Gasteiger partial charge in [-0.05, 0) is 31.9 Å². The Balaban J connectivity index is 1.93. The fourth-order valence-electron chi connectivity index (χ4n) is 2.40. The number of carboxylic acids is 1. The molecule has 1 aromatic rings. The summed E-state index contributed by atoms with van der Waals surface area (Å²) in [5, 5.41) is 8.53. The van der Waals surface area contributed by atoms with Gasteiger partial charge in [0.1, 0.15) is 5.75 Å². The van der Waals surface area contributed by atoms with Crippen LogP contribution in [0.25, 0.3) is 0 Å². The minimum Gasteiger partial charge on any atom is -0.481 e. The number of aryl methyl sites for hydroxylation is 1. The minimum absolute atomic E-state index is 0.164. The quantitative estimate of drug-likeness (QED) is 0.338. The normalized spacial score (nSPS) is 10.5. The van der Waals surface area contributed by atoms with Gasteiger partial charge in [-0.25, -0.2) is 0 Å². The molecule has 0 aliphatic rings. The summed E-state index contributed by atoms with van der Waals surface area (Å²) in [7, 11) is 0. The van der Waals surface area contributed by atoms with Gasteiger partial charge < -0.3 is 9.84 Å². The number of esters is 1. The first kappa shape index (κ1) is 19.2. The number of carboxylic acid groups (broad SMARTS) is 1. The van der Waals surface area contributed by atoms with E-state index in [0.717, 1.165) is 56.9 Å².